The maximum atomic E-state index is 10.1. The van der Waals surface area contributed by atoms with Crippen molar-refractivity contribution in [1.29, 1.82) is 0 Å². The zero-order valence-electron chi connectivity index (χ0n) is 7.21. The van der Waals surface area contributed by atoms with E-state index in [2.05, 4.69) is 6.92 Å². The zero-order chi connectivity index (χ0) is 8.53. The minimum atomic E-state index is 0.0393. The van der Waals surface area contributed by atoms with E-state index >= 15 is 0 Å². The van der Waals surface area contributed by atoms with Crippen LogP contribution in [-0.2, 0) is 14.3 Å². The number of methoxy groups -OCH3 is 1. The van der Waals surface area contributed by atoms with Gasteiger partial charge in [-0.1, -0.05) is 13.3 Å². The van der Waals surface area contributed by atoms with Crippen molar-refractivity contribution in [3.63, 3.8) is 0 Å². The van der Waals surface area contributed by atoms with Crippen LogP contribution in [0.3, 0.4) is 0 Å². The Hall–Kier alpha value is -0.410. The monoisotopic (exact) mass is 160 g/mol. The van der Waals surface area contributed by atoms with Gasteiger partial charge >= 0.3 is 0 Å². The van der Waals surface area contributed by atoms with Gasteiger partial charge in [0, 0.05) is 13.5 Å². The molecular formula is C8H16O3. The van der Waals surface area contributed by atoms with Crippen molar-refractivity contribution < 1.29 is 14.3 Å². The van der Waals surface area contributed by atoms with Crippen molar-refractivity contribution in [2.75, 3.05) is 13.9 Å². The van der Waals surface area contributed by atoms with Crippen LogP contribution in [0.1, 0.15) is 26.2 Å². The van der Waals surface area contributed by atoms with Crippen LogP contribution in [0.15, 0.2) is 0 Å². The van der Waals surface area contributed by atoms with Crippen LogP contribution in [-0.4, -0.2) is 26.3 Å². The lowest BCUT2D eigenvalue weighted by atomic mass is 10.1. The summed E-state index contributed by atoms with van der Waals surface area (Å²) in [5, 5.41) is 0. The van der Waals surface area contributed by atoms with Gasteiger partial charge in [0.1, 0.15) is 13.1 Å². The van der Waals surface area contributed by atoms with Crippen LogP contribution in [0.4, 0.5) is 0 Å². The summed E-state index contributed by atoms with van der Waals surface area (Å²) in [4.78, 5) is 10.1. The second-order valence-corrected chi connectivity index (χ2v) is 2.39. The highest BCUT2D eigenvalue weighted by Gasteiger charge is 2.05. The Balaban J connectivity index is 3.41. The first-order valence-corrected chi connectivity index (χ1v) is 3.89. The number of carbonyl (C=O) groups is 1. The first-order valence-electron chi connectivity index (χ1n) is 3.89. The molecule has 0 N–H and O–H groups in total. The number of rotatable bonds is 7. The molecule has 0 saturated carbocycles. The summed E-state index contributed by atoms with van der Waals surface area (Å²) in [5.74, 6) is 0. The van der Waals surface area contributed by atoms with Crippen LogP contribution in [0, 0.1) is 0 Å². The van der Waals surface area contributed by atoms with Gasteiger partial charge in [0.2, 0.25) is 0 Å². The van der Waals surface area contributed by atoms with E-state index in [-0.39, 0.29) is 12.9 Å². The highest BCUT2D eigenvalue weighted by Crippen LogP contribution is 2.04. The molecule has 0 aromatic rings. The molecule has 1 atom stereocenters. The highest BCUT2D eigenvalue weighted by molar-refractivity contribution is 5.50. The number of hydrogen-bond acceptors (Lipinski definition) is 3. The number of ether oxygens (including phenoxy) is 2. The van der Waals surface area contributed by atoms with Crippen molar-refractivity contribution in [2.24, 2.45) is 0 Å². The molecule has 0 aliphatic rings. The Morgan fingerprint density at radius 3 is 2.73 bits per heavy atom. The third kappa shape index (κ3) is 6.01. The van der Waals surface area contributed by atoms with E-state index in [1.54, 1.807) is 7.11 Å². The molecule has 0 aliphatic carbocycles. The van der Waals surface area contributed by atoms with Gasteiger partial charge in [-0.15, -0.1) is 0 Å². The zero-order valence-corrected chi connectivity index (χ0v) is 7.21. The average molecular weight is 160 g/mol. The fourth-order valence-electron chi connectivity index (χ4n) is 0.863. The summed E-state index contributed by atoms with van der Waals surface area (Å²) in [7, 11) is 1.57. The first kappa shape index (κ1) is 10.6. The fraction of sp³-hybridized carbons (Fsp3) is 0.875. The van der Waals surface area contributed by atoms with E-state index in [0.717, 1.165) is 19.1 Å². The van der Waals surface area contributed by atoms with Crippen molar-refractivity contribution in [2.45, 2.75) is 32.3 Å². The largest absolute Gasteiger partial charge is 0.359 e. The van der Waals surface area contributed by atoms with Crippen molar-refractivity contribution in [1.82, 2.24) is 0 Å². The molecule has 0 fully saturated rings. The molecule has 0 radical (unpaired) electrons. The molecule has 1 unspecified atom stereocenters. The molecule has 66 valence electrons. The van der Waals surface area contributed by atoms with Gasteiger partial charge in [0.05, 0.1) is 6.10 Å². The lowest BCUT2D eigenvalue weighted by Gasteiger charge is -2.12. The van der Waals surface area contributed by atoms with E-state index in [4.69, 9.17) is 9.47 Å². The molecule has 3 nitrogen and oxygen atoms in total. The summed E-state index contributed by atoms with van der Waals surface area (Å²) >= 11 is 0. The van der Waals surface area contributed by atoms with E-state index in [9.17, 15) is 4.79 Å². The van der Waals surface area contributed by atoms with E-state index in [0.29, 0.717) is 6.42 Å². The standard InChI is InChI=1S/C8H16O3/c1-3-4-8(5-6-9)11-7-10-2/h6,8H,3-5,7H2,1-2H3. The Labute approximate surface area is 67.7 Å². The Morgan fingerprint density at radius 2 is 2.27 bits per heavy atom. The molecule has 0 aromatic carbocycles. The molecule has 0 aliphatic heterocycles. The van der Waals surface area contributed by atoms with Gasteiger partial charge in [-0.25, -0.2) is 0 Å². The maximum absolute atomic E-state index is 10.1. The van der Waals surface area contributed by atoms with Crippen molar-refractivity contribution in [3.05, 3.63) is 0 Å². The molecule has 0 amide bonds. The lowest BCUT2D eigenvalue weighted by molar-refractivity contribution is -0.115. The van der Waals surface area contributed by atoms with E-state index in [1.807, 2.05) is 0 Å². The first-order chi connectivity index (χ1) is 5.35. The number of hydrogen-bond donors (Lipinski definition) is 0. The summed E-state index contributed by atoms with van der Waals surface area (Å²) in [6, 6.07) is 0. The molecule has 3 heteroatoms. The molecule has 0 bridgehead atoms. The summed E-state index contributed by atoms with van der Waals surface area (Å²) in [5.41, 5.74) is 0. The van der Waals surface area contributed by atoms with Crippen LogP contribution in [0.5, 0.6) is 0 Å². The minimum absolute atomic E-state index is 0.0393. The fourth-order valence-corrected chi connectivity index (χ4v) is 0.863. The second-order valence-electron chi connectivity index (χ2n) is 2.39. The van der Waals surface area contributed by atoms with Crippen LogP contribution in [0.25, 0.3) is 0 Å². The Bertz CT molecular complexity index is 93.3. The highest BCUT2D eigenvalue weighted by atomic mass is 16.7. The van der Waals surface area contributed by atoms with Gasteiger partial charge in [-0.3, -0.25) is 0 Å². The minimum Gasteiger partial charge on any atom is -0.359 e. The third-order valence-corrected chi connectivity index (χ3v) is 1.39. The predicted octanol–water partition coefficient (Wildman–Crippen LogP) is 1.36. The number of aldehydes is 1. The van der Waals surface area contributed by atoms with Gasteiger partial charge < -0.3 is 14.3 Å². The SMILES string of the molecule is CCCC(CC=O)OCOC. The normalized spacial score (nSPS) is 12.9. The summed E-state index contributed by atoms with van der Waals surface area (Å²) < 4.78 is 9.95. The smallest absolute Gasteiger partial charge is 0.146 e. The topological polar surface area (TPSA) is 35.5 Å². The summed E-state index contributed by atoms with van der Waals surface area (Å²) in [6.45, 7) is 2.34. The van der Waals surface area contributed by atoms with E-state index < -0.39 is 0 Å². The maximum Gasteiger partial charge on any atom is 0.146 e. The Kier molecular flexibility index (Phi) is 7.41. The van der Waals surface area contributed by atoms with Crippen molar-refractivity contribution in [3.8, 4) is 0 Å². The van der Waals surface area contributed by atoms with Crippen LogP contribution in [0.2, 0.25) is 0 Å². The molecule has 0 aromatic heterocycles. The van der Waals surface area contributed by atoms with E-state index in [1.165, 1.54) is 0 Å². The molecular weight excluding hydrogens is 144 g/mol. The number of carbonyl (C=O) groups excluding carboxylic acids is 1. The summed E-state index contributed by atoms with van der Waals surface area (Å²) in [6.07, 6.45) is 3.34. The van der Waals surface area contributed by atoms with Crippen molar-refractivity contribution >= 4 is 6.29 Å². The molecule has 0 spiro atoms. The Morgan fingerprint density at radius 1 is 1.55 bits per heavy atom. The average Bonchev–Trinajstić information content (AvgIpc) is 2.01. The van der Waals surface area contributed by atoms with Gasteiger partial charge in [-0.2, -0.15) is 0 Å². The molecule has 0 rings (SSSR count). The molecule has 0 saturated heterocycles. The van der Waals surface area contributed by atoms with Gasteiger partial charge in [0.25, 0.3) is 0 Å². The second kappa shape index (κ2) is 7.69. The van der Waals surface area contributed by atoms with Gasteiger partial charge in [0.15, 0.2) is 0 Å². The molecule has 0 heterocycles. The van der Waals surface area contributed by atoms with Gasteiger partial charge in [-0.05, 0) is 6.42 Å². The van der Waals surface area contributed by atoms with Crippen LogP contribution < -0.4 is 0 Å². The molecule has 11 heavy (non-hydrogen) atoms. The third-order valence-electron chi connectivity index (χ3n) is 1.39. The van der Waals surface area contributed by atoms with Crippen LogP contribution >= 0.6 is 0 Å². The lowest BCUT2D eigenvalue weighted by Crippen LogP contribution is -2.14. The quantitative estimate of drug-likeness (QED) is 0.416. The predicted molar refractivity (Wildman–Crippen MR) is 42.3 cm³/mol.